The number of nitro benzene ring substituents is 1. The zero-order valence-electron chi connectivity index (χ0n) is 10.1. The van der Waals surface area contributed by atoms with Gasteiger partial charge in [-0.05, 0) is 13.0 Å². The zero-order chi connectivity index (χ0) is 13.0. The van der Waals surface area contributed by atoms with E-state index >= 15 is 0 Å². The molecule has 92 valence electrons. The minimum Gasteiger partial charge on any atom is -0.489 e. The summed E-state index contributed by atoms with van der Waals surface area (Å²) in [5.74, 6) is 0.330. The van der Waals surface area contributed by atoms with Crippen LogP contribution in [0.1, 0.15) is 37.6 Å². The largest absolute Gasteiger partial charge is 0.489 e. The molecule has 0 saturated heterocycles. The maximum absolute atomic E-state index is 11.6. The summed E-state index contributed by atoms with van der Waals surface area (Å²) >= 11 is 0. The number of Topliss-reactive ketones (excluding diaryl/α,β-unsaturated/α-hetero) is 1. The summed E-state index contributed by atoms with van der Waals surface area (Å²) in [7, 11) is 0. The van der Waals surface area contributed by atoms with Gasteiger partial charge in [0.2, 0.25) is 0 Å². The Morgan fingerprint density at radius 3 is 2.65 bits per heavy atom. The van der Waals surface area contributed by atoms with E-state index in [9.17, 15) is 14.9 Å². The highest BCUT2D eigenvalue weighted by Crippen LogP contribution is 2.30. The Morgan fingerprint density at radius 2 is 2.06 bits per heavy atom. The van der Waals surface area contributed by atoms with Crippen molar-refractivity contribution in [1.29, 1.82) is 0 Å². The highest BCUT2D eigenvalue weighted by atomic mass is 16.6. The Balaban J connectivity index is 0.000000686. The molecule has 5 nitrogen and oxygen atoms in total. The van der Waals surface area contributed by atoms with Crippen LogP contribution in [-0.2, 0) is 0 Å². The molecule has 0 radical (unpaired) electrons. The molecule has 0 aromatic heterocycles. The van der Waals surface area contributed by atoms with Gasteiger partial charge in [0.1, 0.15) is 11.9 Å². The minimum atomic E-state index is -0.522. The molecule has 1 heterocycles. The van der Waals surface area contributed by atoms with Crippen LogP contribution in [0.25, 0.3) is 0 Å². The van der Waals surface area contributed by atoms with Gasteiger partial charge in [0.25, 0.3) is 5.69 Å². The summed E-state index contributed by atoms with van der Waals surface area (Å²) < 4.78 is 5.39. The van der Waals surface area contributed by atoms with E-state index in [1.807, 2.05) is 13.8 Å². The maximum atomic E-state index is 11.6. The summed E-state index contributed by atoms with van der Waals surface area (Å²) in [6, 6.07) is 4.08. The van der Waals surface area contributed by atoms with E-state index in [2.05, 4.69) is 0 Å². The van der Waals surface area contributed by atoms with Gasteiger partial charge in [-0.1, -0.05) is 13.8 Å². The summed E-state index contributed by atoms with van der Waals surface area (Å²) in [6.45, 7) is 5.79. The SMILES string of the molecule is CC.CC1CC(=O)c2cc([N+](=O)[O-])ccc2O1. The fourth-order valence-electron chi connectivity index (χ4n) is 1.58. The number of hydrogen-bond acceptors (Lipinski definition) is 4. The molecule has 1 unspecified atom stereocenters. The molecule has 0 bridgehead atoms. The summed E-state index contributed by atoms with van der Waals surface area (Å²) in [4.78, 5) is 21.6. The number of hydrogen-bond donors (Lipinski definition) is 0. The summed E-state index contributed by atoms with van der Waals surface area (Å²) in [5, 5.41) is 10.5. The van der Waals surface area contributed by atoms with Gasteiger partial charge in [0, 0.05) is 18.6 Å². The van der Waals surface area contributed by atoms with Crippen LogP contribution < -0.4 is 4.74 Å². The van der Waals surface area contributed by atoms with Crippen LogP contribution in [0, 0.1) is 10.1 Å². The predicted molar refractivity (Wildman–Crippen MR) is 63.5 cm³/mol. The van der Waals surface area contributed by atoms with Gasteiger partial charge in [-0.3, -0.25) is 14.9 Å². The molecular formula is C12H15NO4. The first kappa shape index (κ1) is 13.2. The van der Waals surface area contributed by atoms with Crippen molar-refractivity contribution in [2.24, 2.45) is 0 Å². The van der Waals surface area contributed by atoms with Crippen LogP contribution in [0.2, 0.25) is 0 Å². The fourth-order valence-corrected chi connectivity index (χ4v) is 1.58. The fraction of sp³-hybridized carbons (Fsp3) is 0.417. The Morgan fingerprint density at radius 1 is 1.41 bits per heavy atom. The number of non-ortho nitro benzene ring substituents is 1. The summed E-state index contributed by atoms with van der Waals surface area (Å²) in [5.41, 5.74) is 0.225. The molecule has 0 fully saturated rings. The molecule has 5 heteroatoms. The highest BCUT2D eigenvalue weighted by Gasteiger charge is 2.25. The quantitative estimate of drug-likeness (QED) is 0.556. The Labute approximate surface area is 99.5 Å². The molecule has 1 aliphatic rings. The number of fused-ring (bicyclic) bond motifs is 1. The molecule has 0 N–H and O–H groups in total. The van der Waals surface area contributed by atoms with Crippen molar-refractivity contribution in [2.45, 2.75) is 33.3 Å². The number of ether oxygens (including phenoxy) is 1. The van der Waals surface area contributed by atoms with Gasteiger partial charge in [-0.25, -0.2) is 0 Å². The Hall–Kier alpha value is -1.91. The lowest BCUT2D eigenvalue weighted by Gasteiger charge is -2.21. The van der Waals surface area contributed by atoms with Crippen molar-refractivity contribution in [3.63, 3.8) is 0 Å². The van der Waals surface area contributed by atoms with E-state index in [0.29, 0.717) is 11.3 Å². The van der Waals surface area contributed by atoms with E-state index in [-0.39, 0.29) is 24.0 Å². The number of benzene rings is 1. The molecule has 1 atom stereocenters. The number of carbonyl (C=O) groups excluding carboxylic acids is 1. The maximum Gasteiger partial charge on any atom is 0.270 e. The second-order valence-electron chi connectivity index (χ2n) is 3.49. The van der Waals surface area contributed by atoms with Crippen LogP contribution >= 0.6 is 0 Å². The lowest BCUT2D eigenvalue weighted by Crippen LogP contribution is -2.23. The van der Waals surface area contributed by atoms with E-state index in [1.54, 1.807) is 6.92 Å². The highest BCUT2D eigenvalue weighted by molar-refractivity contribution is 6.00. The third-order valence-corrected chi connectivity index (χ3v) is 2.28. The Bertz CT molecular complexity index is 442. The topological polar surface area (TPSA) is 69.4 Å². The first-order valence-corrected chi connectivity index (χ1v) is 5.56. The van der Waals surface area contributed by atoms with Crippen molar-refractivity contribution in [3.8, 4) is 5.75 Å². The van der Waals surface area contributed by atoms with Crippen molar-refractivity contribution in [1.82, 2.24) is 0 Å². The standard InChI is InChI=1S/C10H9NO4.C2H6/c1-6-4-9(12)8-5-7(11(13)14)2-3-10(8)15-6;1-2/h2-3,5-6H,4H2,1H3;1-2H3. The molecule has 1 aromatic carbocycles. The van der Waals surface area contributed by atoms with Gasteiger partial charge in [0.05, 0.1) is 10.5 Å². The van der Waals surface area contributed by atoms with Gasteiger partial charge in [-0.2, -0.15) is 0 Å². The number of carbonyl (C=O) groups is 1. The molecule has 0 amide bonds. The minimum absolute atomic E-state index is 0.0831. The average Bonchev–Trinajstić information content (AvgIpc) is 2.31. The van der Waals surface area contributed by atoms with Crippen LogP contribution in [-0.4, -0.2) is 16.8 Å². The van der Waals surface area contributed by atoms with Crippen molar-refractivity contribution >= 4 is 11.5 Å². The third-order valence-electron chi connectivity index (χ3n) is 2.28. The lowest BCUT2D eigenvalue weighted by molar-refractivity contribution is -0.384. The monoisotopic (exact) mass is 237 g/mol. The van der Waals surface area contributed by atoms with Gasteiger partial charge >= 0.3 is 0 Å². The molecule has 1 aliphatic heterocycles. The second-order valence-corrected chi connectivity index (χ2v) is 3.49. The molecule has 17 heavy (non-hydrogen) atoms. The third kappa shape index (κ3) is 2.81. The van der Waals surface area contributed by atoms with Gasteiger partial charge in [-0.15, -0.1) is 0 Å². The average molecular weight is 237 g/mol. The Kier molecular flexibility index (Phi) is 4.20. The van der Waals surface area contributed by atoms with Gasteiger partial charge in [0.15, 0.2) is 5.78 Å². The number of nitrogens with zero attached hydrogens (tertiary/aromatic N) is 1. The van der Waals surface area contributed by atoms with Crippen molar-refractivity contribution in [3.05, 3.63) is 33.9 Å². The van der Waals surface area contributed by atoms with Crippen LogP contribution in [0.5, 0.6) is 5.75 Å². The number of nitro groups is 1. The normalized spacial score (nSPS) is 17.4. The van der Waals surface area contributed by atoms with Gasteiger partial charge < -0.3 is 4.74 Å². The number of ketones is 1. The van der Waals surface area contributed by atoms with Crippen LogP contribution in [0.15, 0.2) is 18.2 Å². The number of rotatable bonds is 1. The van der Waals surface area contributed by atoms with E-state index < -0.39 is 4.92 Å². The van der Waals surface area contributed by atoms with E-state index in [4.69, 9.17) is 4.74 Å². The second kappa shape index (κ2) is 5.43. The van der Waals surface area contributed by atoms with Crippen molar-refractivity contribution < 1.29 is 14.5 Å². The summed E-state index contributed by atoms with van der Waals surface area (Å²) in [6.07, 6.45) is 0.111. The molecule has 0 spiro atoms. The predicted octanol–water partition coefficient (Wildman–Crippen LogP) is 2.97. The molecule has 0 aliphatic carbocycles. The van der Waals surface area contributed by atoms with Crippen LogP contribution in [0.4, 0.5) is 5.69 Å². The molecule has 0 saturated carbocycles. The van der Waals surface area contributed by atoms with Crippen molar-refractivity contribution in [2.75, 3.05) is 0 Å². The van der Waals surface area contributed by atoms with Crippen LogP contribution in [0.3, 0.4) is 0 Å². The first-order chi connectivity index (χ1) is 8.08. The molecule has 2 rings (SSSR count). The molecular weight excluding hydrogens is 222 g/mol. The lowest BCUT2D eigenvalue weighted by atomic mass is 10.0. The van der Waals surface area contributed by atoms with E-state index in [1.165, 1.54) is 18.2 Å². The smallest absolute Gasteiger partial charge is 0.270 e. The first-order valence-electron chi connectivity index (χ1n) is 5.56. The zero-order valence-corrected chi connectivity index (χ0v) is 10.1. The van der Waals surface area contributed by atoms with E-state index in [0.717, 1.165) is 0 Å². The molecule has 1 aromatic rings.